The Kier molecular flexibility index (Phi) is 6.39. The second-order valence-electron chi connectivity index (χ2n) is 10.6. The first-order valence-corrected chi connectivity index (χ1v) is 14.5. The molecule has 0 aliphatic rings. The van der Waals surface area contributed by atoms with E-state index in [1.165, 1.54) is 0 Å². The Morgan fingerprint density at radius 1 is 0.364 bits per heavy atom. The fourth-order valence-electron chi connectivity index (χ4n) is 5.57. The van der Waals surface area contributed by atoms with E-state index in [9.17, 15) is 0 Å². The van der Waals surface area contributed by atoms with E-state index in [1.807, 2.05) is 72.8 Å². The molecule has 0 unspecified atom stereocenters. The summed E-state index contributed by atoms with van der Waals surface area (Å²) in [6, 6.07) is 49.2. The third kappa shape index (κ3) is 4.76. The van der Waals surface area contributed by atoms with Gasteiger partial charge in [0.1, 0.15) is 5.69 Å². The summed E-state index contributed by atoms with van der Waals surface area (Å²) in [5, 5.41) is 2.06. The molecule has 0 bridgehead atoms. The first-order chi connectivity index (χ1) is 21.8. The molecule has 0 spiro atoms. The van der Waals surface area contributed by atoms with Gasteiger partial charge in [-0.05, 0) is 41.5 Å². The van der Waals surface area contributed by atoms with Crippen LogP contribution in [0.1, 0.15) is 0 Å². The normalized spacial score (nSPS) is 11.2. The Labute approximate surface area is 254 Å². The molecule has 0 N–H and O–H groups in total. The van der Waals surface area contributed by atoms with Gasteiger partial charge in [-0.2, -0.15) is 0 Å². The van der Waals surface area contributed by atoms with Crippen LogP contribution in [0, 0.1) is 0 Å². The minimum absolute atomic E-state index is 0.553. The Morgan fingerprint density at radius 3 is 1.64 bits per heavy atom. The van der Waals surface area contributed by atoms with Crippen molar-refractivity contribution < 1.29 is 0 Å². The van der Waals surface area contributed by atoms with E-state index >= 15 is 0 Å². The maximum absolute atomic E-state index is 5.24. The van der Waals surface area contributed by atoms with Crippen molar-refractivity contribution in [3.05, 3.63) is 152 Å². The maximum atomic E-state index is 5.24. The van der Waals surface area contributed by atoms with E-state index < -0.39 is 0 Å². The van der Waals surface area contributed by atoms with Crippen molar-refractivity contribution in [2.75, 3.05) is 0 Å². The summed E-state index contributed by atoms with van der Waals surface area (Å²) in [4.78, 5) is 24.8. The molecule has 0 saturated carbocycles. The fraction of sp³-hybridized carbons (Fsp3) is 0. The van der Waals surface area contributed by atoms with E-state index in [1.54, 1.807) is 6.20 Å². The minimum atomic E-state index is 0.553. The van der Waals surface area contributed by atoms with Gasteiger partial charge in [-0.25, -0.2) is 19.9 Å². The van der Waals surface area contributed by atoms with Crippen LogP contribution in [0.2, 0.25) is 0 Å². The third-order valence-electron chi connectivity index (χ3n) is 7.75. The monoisotopic (exact) mass is 563 g/mol. The number of rotatable bonds is 5. The zero-order chi connectivity index (χ0) is 29.3. The summed E-state index contributed by atoms with van der Waals surface area (Å²) in [6.07, 6.45) is 1.76. The summed E-state index contributed by atoms with van der Waals surface area (Å²) >= 11 is 0. The number of fused-ring (bicyclic) bond motifs is 3. The molecule has 0 fully saturated rings. The van der Waals surface area contributed by atoms with Crippen LogP contribution in [0.3, 0.4) is 0 Å². The van der Waals surface area contributed by atoms with Gasteiger partial charge in [0.25, 0.3) is 0 Å². The number of hydrogen-bond donors (Lipinski definition) is 0. The summed E-state index contributed by atoms with van der Waals surface area (Å²) in [6.45, 7) is 0. The molecular formula is C39H25N5. The highest BCUT2D eigenvalue weighted by atomic mass is 14.9. The van der Waals surface area contributed by atoms with E-state index in [-0.39, 0.29) is 0 Å². The number of benzene rings is 4. The van der Waals surface area contributed by atoms with Gasteiger partial charge < -0.3 is 0 Å². The van der Waals surface area contributed by atoms with Crippen molar-refractivity contribution in [3.8, 4) is 56.5 Å². The first kappa shape index (κ1) is 25.6. The predicted molar refractivity (Wildman–Crippen MR) is 178 cm³/mol. The first-order valence-electron chi connectivity index (χ1n) is 14.5. The van der Waals surface area contributed by atoms with Crippen molar-refractivity contribution >= 4 is 21.8 Å². The zero-order valence-corrected chi connectivity index (χ0v) is 23.7. The Hall–Kier alpha value is -6.07. The van der Waals surface area contributed by atoms with Gasteiger partial charge in [-0.3, -0.25) is 4.98 Å². The summed E-state index contributed by atoms with van der Waals surface area (Å²) < 4.78 is 0. The molecule has 0 amide bonds. The van der Waals surface area contributed by atoms with Crippen LogP contribution in [0.4, 0.5) is 0 Å². The highest BCUT2D eigenvalue weighted by Crippen LogP contribution is 2.36. The van der Waals surface area contributed by atoms with Crippen LogP contribution in [-0.4, -0.2) is 24.9 Å². The summed E-state index contributed by atoms with van der Waals surface area (Å²) in [5.41, 5.74) is 9.89. The average Bonchev–Trinajstić information content (AvgIpc) is 3.12. The standard InChI is InChI=1S/C39H25N5/c1-4-12-26(13-5-1)31-24-34(27-14-6-2-7-15-27)42-38-30(31)21-19-29-20-22-32(41-37(29)38)36-25-35(28-16-8-3-9-17-28)43-39(44-36)33-18-10-11-23-40-33/h1-25H. The highest BCUT2D eigenvalue weighted by molar-refractivity contribution is 6.09. The lowest BCUT2D eigenvalue weighted by atomic mass is 9.97. The molecule has 0 radical (unpaired) electrons. The third-order valence-corrected chi connectivity index (χ3v) is 7.75. The van der Waals surface area contributed by atoms with Crippen LogP contribution in [-0.2, 0) is 0 Å². The minimum Gasteiger partial charge on any atom is -0.253 e. The van der Waals surface area contributed by atoms with E-state index in [4.69, 9.17) is 19.9 Å². The predicted octanol–water partition coefficient (Wildman–Crippen LogP) is 9.30. The van der Waals surface area contributed by atoms with E-state index in [0.717, 1.165) is 66.8 Å². The number of pyridine rings is 3. The molecule has 4 heterocycles. The van der Waals surface area contributed by atoms with Crippen LogP contribution >= 0.6 is 0 Å². The van der Waals surface area contributed by atoms with Gasteiger partial charge in [0.05, 0.1) is 33.8 Å². The molecule has 8 aromatic rings. The Morgan fingerprint density at radius 2 is 0.955 bits per heavy atom. The summed E-state index contributed by atoms with van der Waals surface area (Å²) in [7, 11) is 0. The second-order valence-corrected chi connectivity index (χ2v) is 10.6. The summed E-state index contributed by atoms with van der Waals surface area (Å²) in [5.74, 6) is 0.553. The Bertz CT molecular complexity index is 2200. The number of hydrogen-bond acceptors (Lipinski definition) is 5. The van der Waals surface area contributed by atoms with E-state index in [0.29, 0.717) is 11.5 Å². The molecule has 44 heavy (non-hydrogen) atoms. The average molecular weight is 564 g/mol. The molecule has 4 aromatic carbocycles. The van der Waals surface area contributed by atoms with Crippen molar-refractivity contribution in [2.45, 2.75) is 0 Å². The Balaban J connectivity index is 1.38. The SMILES string of the molecule is c1ccc(-c2cc(-c3ccc4ccc5c(-c6ccccc6)cc(-c6ccccc6)nc5c4n3)nc(-c3ccccn3)n2)cc1. The topological polar surface area (TPSA) is 64.5 Å². The van der Waals surface area contributed by atoms with E-state index in [2.05, 4.69) is 77.8 Å². The quantitative estimate of drug-likeness (QED) is 0.195. The van der Waals surface area contributed by atoms with Crippen LogP contribution in [0.25, 0.3) is 78.4 Å². The van der Waals surface area contributed by atoms with Gasteiger partial charge in [0.15, 0.2) is 5.82 Å². The van der Waals surface area contributed by atoms with Crippen LogP contribution in [0.15, 0.2) is 152 Å². The van der Waals surface area contributed by atoms with Gasteiger partial charge in [-0.15, -0.1) is 0 Å². The molecular weight excluding hydrogens is 538 g/mol. The second kappa shape index (κ2) is 11.0. The van der Waals surface area contributed by atoms with Crippen molar-refractivity contribution in [3.63, 3.8) is 0 Å². The number of nitrogens with zero attached hydrogens (tertiary/aromatic N) is 5. The van der Waals surface area contributed by atoms with Gasteiger partial charge in [0, 0.05) is 28.1 Å². The molecule has 0 aliphatic heterocycles. The van der Waals surface area contributed by atoms with Crippen molar-refractivity contribution in [2.24, 2.45) is 0 Å². The van der Waals surface area contributed by atoms with Crippen molar-refractivity contribution in [1.82, 2.24) is 24.9 Å². The van der Waals surface area contributed by atoms with Crippen LogP contribution < -0.4 is 0 Å². The highest BCUT2D eigenvalue weighted by Gasteiger charge is 2.16. The number of aromatic nitrogens is 5. The fourth-order valence-corrected chi connectivity index (χ4v) is 5.57. The molecule has 0 atom stereocenters. The zero-order valence-electron chi connectivity index (χ0n) is 23.7. The molecule has 4 aromatic heterocycles. The van der Waals surface area contributed by atoms with Crippen LogP contribution in [0.5, 0.6) is 0 Å². The van der Waals surface area contributed by atoms with Gasteiger partial charge in [-0.1, -0.05) is 115 Å². The van der Waals surface area contributed by atoms with Gasteiger partial charge >= 0.3 is 0 Å². The molecule has 0 aliphatic carbocycles. The molecule has 5 heteroatoms. The largest absolute Gasteiger partial charge is 0.253 e. The van der Waals surface area contributed by atoms with Gasteiger partial charge in [0.2, 0.25) is 0 Å². The maximum Gasteiger partial charge on any atom is 0.179 e. The lowest BCUT2D eigenvalue weighted by Gasteiger charge is -2.13. The molecule has 5 nitrogen and oxygen atoms in total. The lowest BCUT2D eigenvalue weighted by molar-refractivity contribution is 1.14. The molecule has 206 valence electrons. The smallest absolute Gasteiger partial charge is 0.179 e. The molecule has 8 rings (SSSR count). The molecule has 0 saturated heterocycles. The lowest BCUT2D eigenvalue weighted by Crippen LogP contribution is -1.98. The van der Waals surface area contributed by atoms with Crippen molar-refractivity contribution in [1.29, 1.82) is 0 Å².